The molecule has 6 heteroatoms. The van der Waals surface area contributed by atoms with Crippen molar-refractivity contribution in [2.24, 2.45) is 5.11 Å². The Labute approximate surface area is 98.3 Å². The van der Waals surface area contributed by atoms with Gasteiger partial charge in [-0.3, -0.25) is 5.32 Å². The Morgan fingerprint density at radius 1 is 1.56 bits per heavy atom. The Kier molecular flexibility index (Phi) is 5.17. The average molecular weight is 236 g/mol. The number of azide groups is 1. The van der Waals surface area contributed by atoms with Crippen LogP contribution in [-0.4, -0.2) is 13.1 Å². The molecule has 0 radical (unpaired) electrons. The Bertz CT molecular complexity index is 433. The van der Waals surface area contributed by atoms with Gasteiger partial charge in [-0.15, -0.1) is 0 Å². The summed E-state index contributed by atoms with van der Waals surface area (Å²) in [4.78, 5) is 2.62. The van der Waals surface area contributed by atoms with Crippen LogP contribution in [0, 0.1) is 11.3 Å². The molecular formula is C10H10ClN5. The Balaban J connectivity index is 2.65. The van der Waals surface area contributed by atoms with E-state index in [2.05, 4.69) is 21.4 Å². The van der Waals surface area contributed by atoms with Crippen molar-refractivity contribution in [2.75, 3.05) is 13.1 Å². The zero-order valence-electron chi connectivity index (χ0n) is 8.47. The van der Waals surface area contributed by atoms with Gasteiger partial charge in [0.25, 0.3) is 0 Å². The minimum Gasteiger partial charge on any atom is -0.298 e. The molecule has 1 atom stereocenters. The van der Waals surface area contributed by atoms with Crippen molar-refractivity contribution in [1.29, 1.82) is 5.26 Å². The summed E-state index contributed by atoms with van der Waals surface area (Å²) in [7, 11) is 0. The molecule has 1 unspecified atom stereocenters. The van der Waals surface area contributed by atoms with E-state index in [1.54, 1.807) is 18.2 Å². The zero-order valence-corrected chi connectivity index (χ0v) is 9.22. The summed E-state index contributed by atoms with van der Waals surface area (Å²) in [5, 5.41) is 15.9. The van der Waals surface area contributed by atoms with Gasteiger partial charge in [-0.2, -0.15) is 5.26 Å². The van der Waals surface area contributed by atoms with E-state index in [9.17, 15) is 0 Å². The van der Waals surface area contributed by atoms with Crippen molar-refractivity contribution in [1.82, 2.24) is 5.32 Å². The molecule has 16 heavy (non-hydrogen) atoms. The molecule has 1 rings (SSSR count). The number of halogens is 1. The molecule has 0 fully saturated rings. The van der Waals surface area contributed by atoms with Gasteiger partial charge in [0.15, 0.2) is 0 Å². The largest absolute Gasteiger partial charge is 0.298 e. The van der Waals surface area contributed by atoms with E-state index in [0.29, 0.717) is 18.1 Å². The third kappa shape index (κ3) is 3.44. The van der Waals surface area contributed by atoms with E-state index in [0.717, 1.165) is 5.56 Å². The molecule has 0 amide bonds. The topological polar surface area (TPSA) is 84.6 Å². The van der Waals surface area contributed by atoms with Gasteiger partial charge in [0.2, 0.25) is 0 Å². The maximum Gasteiger partial charge on any atom is 0.122 e. The van der Waals surface area contributed by atoms with E-state index in [1.165, 1.54) is 0 Å². The summed E-state index contributed by atoms with van der Waals surface area (Å²) >= 11 is 5.96. The molecule has 5 nitrogen and oxygen atoms in total. The summed E-state index contributed by atoms with van der Waals surface area (Å²) in [6.45, 7) is 0.743. The van der Waals surface area contributed by atoms with Crippen molar-refractivity contribution in [3.8, 4) is 6.07 Å². The molecule has 0 bridgehead atoms. The minimum absolute atomic E-state index is 0.305. The fraction of sp³-hybridized carbons (Fsp3) is 0.300. The second-order valence-corrected chi connectivity index (χ2v) is 3.40. The van der Waals surface area contributed by atoms with Gasteiger partial charge in [0.1, 0.15) is 6.04 Å². The van der Waals surface area contributed by atoms with E-state index in [4.69, 9.17) is 22.4 Å². The summed E-state index contributed by atoms with van der Waals surface area (Å²) in [6.07, 6.45) is 0. The van der Waals surface area contributed by atoms with E-state index < -0.39 is 6.04 Å². The van der Waals surface area contributed by atoms with Gasteiger partial charge in [0.05, 0.1) is 6.07 Å². The van der Waals surface area contributed by atoms with Gasteiger partial charge in [-0.25, -0.2) is 0 Å². The maximum atomic E-state index is 8.99. The Morgan fingerprint density at radius 2 is 2.31 bits per heavy atom. The molecular weight excluding hydrogens is 226 g/mol. The maximum absolute atomic E-state index is 8.99. The molecule has 82 valence electrons. The first kappa shape index (κ1) is 12.3. The Hall–Kier alpha value is -1.73. The quantitative estimate of drug-likeness (QED) is 0.368. The predicted octanol–water partition coefficient (Wildman–Crippen LogP) is 2.80. The molecule has 1 aromatic carbocycles. The number of hydrogen-bond acceptors (Lipinski definition) is 3. The molecule has 0 aliphatic heterocycles. The minimum atomic E-state index is -0.484. The van der Waals surface area contributed by atoms with Crippen LogP contribution in [0.25, 0.3) is 10.4 Å². The number of nitriles is 1. The van der Waals surface area contributed by atoms with Crippen molar-refractivity contribution in [3.05, 3.63) is 45.3 Å². The van der Waals surface area contributed by atoms with Crippen molar-refractivity contribution < 1.29 is 0 Å². The lowest BCUT2D eigenvalue weighted by atomic mass is 10.1. The molecule has 0 aromatic heterocycles. The molecule has 0 aliphatic rings. The van der Waals surface area contributed by atoms with E-state index in [-0.39, 0.29) is 0 Å². The highest BCUT2D eigenvalue weighted by atomic mass is 35.5. The summed E-state index contributed by atoms with van der Waals surface area (Å²) in [5.41, 5.74) is 8.82. The van der Waals surface area contributed by atoms with E-state index in [1.807, 2.05) is 6.07 Å². The lowest BCUT2D eigenvalue weighted by Crippen LogP contribution is -2.22. The highest BCUT2D eigenvalue weighted by molar-refractivity contribution is 6.31. The van der Waals surface area contributed by atoms with Gasteiger partial charge in [0, 0.05) is 28.6 Å². The lowest BCUT2D eigenvalue weighted by molar-refractivity contribution is 0.635. The third-order valence-corrected chi connectivity index (χ3v) is 2.31. The van der Waals surface area contributed by atoms with Crippen LogP contribution in [-0.2, 0) is 0 Å². The SMILES string of the molecule is N#CC(NCCN=[N+]=[N-])c1ccccc1Cl. The second kappa shape index (κ2) is 6.70. The van der Waals surface area contributed by atoms with Crippen molar-refractivity contribution >= 4 is 11.6 Å². The highest BCUT2D eigenvalue weighted by Gasteiger charge is 2.11. The van der Waals surface area contributed by atoms with Crippen LogP contribution >= 0.6 is 11.6 Å². The number of nitrogens with zero attached hydrogens (tertiary/aromatic N) is 4. The van der Waals surface area contributed by atoms with Crippen LogP contribution < -0.4 is 5.32 Å². The fourth-order valence-corrected chi connectivity index (χ4v) is 1.48. The van der Waals surface area contributed by atoms with Crippen LogP contribution in [0.1, 0.15) is 11.6 Å². The summed E-state index contributed by atoms with van der Waals surface area (Å²) in [6, 6.07) is 8.77. The predicted molar refractivity (Wildman–Crippen MR) is 61.8 cm³/mol. The van der Waals surface area contributed by atoms with Crippen LogP contribution in [0.5, 0.6) is 0 Å². The zero-order chi connectivity index (χ0) is 11.8. The van der Waals surface area contributed by atoms with Gasteiger partial charge < -0.3 is 0 Å². The average Bonchev–Trinajstić information content (AvgIpc) is 2.31. The lowest BCUT2D eigenvalue weighted by Gasteiger charge is -2.11. The third-order valence-electron chi connectivity index (χ3n) is 1.97. The molecule has 1 N–H and O–H groups in total. The molecule has 0 saturated carbocycles. The van der Waals surface area contributed by atoms with E-state index >= 15 is 0 Å². The molecule has 0 spiro atoms. The van der Waals surface area contributed by atoms with Crippen LogP contribution in [0.2, 0.25) is 5.02 Å². The van der Waals surface area contributed by atoms with Crippen LogP contribution in [0.4, 0.5) is 0 Å². The number of rotatable bonds is 5. The standard InChI is InChI=1S/C10H10ClN5/c11-9-4-2-1-3-8(9)10(7-12)14-5-6-15-16-13/h1-4,10,14H,5-6H2. The highest BCUT2D eigenvalue weighted by Crippen LogP contribution is 2.21. The van der Waals surface area contributed by atoms with Crippen LogP contribution in [0.3, 0.4) is 0 Å². The monoisotopic (exact) mass is 235 g/mol. The smallest absolute Gasteiger partial charge is 0.122 e. The van der Waals surface area contributed by atoms with Gasteiger partial charge in [-0.1, -0.05) is 34.9 Å². The first-order valence-corrected chi connectivity index (χ1v) is 5.05. The van der Waals surface area contributed by atoms with Gasteiger partial charge >= 0.3 is 0 Å². The molecule has 0 aliphatic carbocycles. The second-order valence-electron chi connectivity index (χ2n) is 2.99. The Morgan fingerprint density at radius 3 is 2.94 bits per heavy atom. The first-order valence-electron chi connectivity index (χ1n) is 4.68. The summed E-state index contributed by atoms with van der Waals surface area (Å²) < 4.78 is 0. The number of hydrogen-bond donors (Lipinski definition) is 1. The number of benzene rings is 1. The van der Waals surface area contributed by atoms with Gasteiger partial charge in [-0.05, 0) is 11.6 Å². The fourth-order valence-electron chi connectivity index (χ4n) is 1.24. The molecule has 0 heterocycles. The normalized spacial score (nSPS) is 11.2. The van der Waals surface area contributed by atoms with Crippen molar-refractivity contribution in [2.45, 2.75) is 6.04 Å². The van der Waals surface area contributed by atoms with Crippen molar-refractivity contribution in [3.63, 3.8) is 0 Å². The first-order chi connectivity index (χ1) is 7.79. The number of nitrogens with one attached hydrogen (secondary N) is 1. The van der Waals surface area contributed by atoms with Crippen LogP contribution in [0.15, 0.2) is 29.4 Å². The molecule has 1 aromatic rings. The summed E-state index contributed by atoms with van der Waals surface area (Å²) in [5.74, 6) is 0. The molecule has 0 saturated heterocycles.